The molecule has 8 N–H and O–H groups in total. The number of piperazine rings is 2. The number of thiophene rings is 6. The van der Waals surface area contributed by atoms with E-state index in [1.807, 2.05) is 74.2 Å². The van der Waals surface area contributed by atoms with Gasteiger partial charge in [0.1, 0.15) is 103 Å². The first kappa shape index (κ1) is 94.5. The van der Waals surface area contributed by atoms with Crippen molar-refractivity contribution < 1.29 is 4.74 Å². The van der Waals surface area contributed by atoms with Crippen LogP contribution in [0.2, 0.25) is 0 Å². The van der Waals surface area contributed by atoms with Gasteiger partial charge in [-0.1, -0.05) is 0 Å². The molecular formula is C105H141N27OS6. The number of nitrogens with one attached hydrogen (secondary N) is 8. The van der Waals surface area contributed by atoms with Gasteiger partial charge in [-0.3, -0.25) is 14.7 Å². The highest BCUT2D eigenvalue weighted by molar-refractivity contribution is 7.20. The zero-order valence-electron chi connectivity index (χ0n) is 82.4. The molecule has 34 heteroatoms. The zero-order valence-corrected chi connectivity index (χ0v) is 87.3. The first-order valence-corrected chi connectivity index (χ1v) is 57.6. The fourth-order valence-electron chi connectivity index (χ4n) is 27.0. The molecule has 15 heterocycles. The van der Waals surface area contributed by atoms with Crippen LogP contribution in [0.5, 0.6) is 5.88 Å². The molecular weight excluding hydrogens is 1850 g/mol. The lowest BCUT2D eigenvalue weighted by Gasteiger charge is -2.55. The number of aryl methyl sites for hydroxylation is 12. The predicted molar refractivity (Wildman–Crippen MR) is 571 cm³/mol. The number of ether oxygens (including phenoxy) is 1. The fraction of sp³-hybridized carbons (Fsp3) is 0.629. The summed E-state index contributed by atoms with van der Waals surface area (Å²) in [5, 5.41) is 33.3. The molecule has 8 unspecified atom stereocenters. The Morgan fingerprint density at radius 2 is 0.820 bits per heavy atom. The van der Waals surface area contributed by atoms with Crippen LogP contribution in [0.25, 0.3) is 61.3 Å². The van der Waals surface area contributed by atoms with Gasteiger partial charge in [-0.25, -0.2) is 64.8 Å². The smallest absolute Gasteiger partial charge is 0.225 e. The topological polar surface area (TPSA) is 296 Å². The first-order chi connectivity index (χ1) is 68.2. The van der Waals surface area contributed by atoms with Crippen molar-refractivity contribution in [1.82, 2.24) is 110 Å². The zero-order chi connectivity index (χ0) is 93.7. The second kappa shape index (κ2) is 42.3. The van der Waals surface area contributed by atoms with Gasteiger partial charge < -0.3 is 61.6 Å². The van der Waals surface area contributed by atoms with Crippen LogP contribution < -0.4 is 42.0 Å². The molecule has 6 bridgehead atoms. The van der Waals surface area contributed by atoms with Crippen LogP contribution in [0.3, 0.4) is 0 Å². The minimum Gasteiger partial charge on any atom is -0.476 e. The Labute approximate surface area is 841 Å². The van der Waals surface area contributed by atoms with Gasteiger partial charge in [0.15, 0.2) is 0 Å². The van der Waals surface area contributed by atoms with Crippen LogP contribution in [-0.2, 0) is 83.6 Å². The molecule has 13 aromatic rings. The van der Waals surface area contributed by atoms with E-state index in [4.69, 9.17) is 4.74 Å². The average molecular weight is 1990 g/mol. The Hall–Kier alpha value is -8.07. The molecule has 0 spiro atoms. The maximum Gasteiger partial charge on any atom is 0.225 e. The third-order valence-electron chi connectivity index (χ3n) is 33.9. The number of aromatic amines is 1. The molecule has 10 atom stereocenters. The summed E-state index contributed by atoms with van der Waals surface area (Å²) in [6.45, 7) is 13.5. The summed E-state index contributed by atoms with van der Waals surface area (Å²) in [4.78, 5) is 92.5. The lowest BCUT2D eigenvalue weighted by Crippen LogP contribution is -2.57. The normalized spacial score (nSPS) is 26.2. The molecule has 16 aliphatic carbocycles. The Morgan fingerprint density at radius 3 is 1.28 bits per heavy atom. The van der Waals surface area contributed by atoms with Gasteiger partial charge in [0.05, 0.1) is 38.6 Å². The molecule has 0 amide bonds. The third kappa shape index (κ3) is 20.0. The summed E-state index contributed by atoms with van der Waals surface area (Å²) >= 11 is 11.2. The quantitative estimate of drug-likeness (QED) is 0.0313. The van der Waals surface area contributed by atoms with Crippen molar-refractivity contribution >= 4 is 158 Å². The Balaban J connectivity index is 0.0000000934. The van der Waals surface area contributed by atoms with Crippen LogP contribution in [0.4, 0.5) is 29.1 Å². The Morgan fingerprint density at radius 1 is 0.388 bits per heavy atom. The minimum atomic E-state index is 0.511. The summed E-state index contributed by atoms with van der Waals surface area (Å²) in [6, 6.07) is 5.24. The van der Waals surface area contributed by atoms with Crippen molar-refractivity contribution in [3.63, 3.8) is 0 Å². The van der Waals surface area contributed by atoms with E-state index in [1.165, 1.54) is 300 Å². The maximum absolute atomic E-state index is 6.00. The van der Waals surface area contributed by atoms with Gasteiger partial charge in [-0.05, 0) is 324 Å². The molecule has 0 radical (unpaired) electrons. The van der Waals surface area contributed by atoms with Gasteiger partial charge in [-0.15, -0.1) is 68.0 Å². The van der Waals surface area contributed by atoms with Crippen LogP contribution in [0.1, 0.15) is 197 Å². The van der Waals surface area contributed by atoms with Crippen molar-refractivity contribution in [1.29, 1.82) is 0 Å². The number of hydrogen-bond donors (Lipinski definition) is 8. The summed E-state index contributed by atoms with van der Waals surface area (Å²) < 4.78 is 6.00. The number of fused-ring (bicyclic) bond motifs is 25. The number of imidazole rings is 1. The van der Waals surface area contributed by atoms with Crippen molar-refractivity contribution in [2.45, 2.75) is 260 Å². The van der Waals surface area contributed by atoms with Gasteiger partial charge in [-0.2, -0.15) is 0 Å². The van der Waals surface area contributed by atoms with Crippen molar-refractivity contribution in [2.24, 2.45) is 35.5 Å². The van der Waals surface area contributed by atoms with Crippen molar-refractivity contribution in [3.8, 4) is 5.88 Å². The van der Waals surface area contributed by atoms with Gasteiger partial charge >= 0.3 is 0 Å². The molecule has 0 aromatic carbocycles. The Kier molecular flexibility index (Phi) is 28.8. The summed E-state index contributed by atoms with van der Waals surface area (Å²) in [7, 11) is 15.6. The molecule has 18 aliphatic rings. The van der Waals surface area contributed by atoms with Gasteiger partial charge in [0.25, 0.3) is 0 Å². The third-order valence-corrected chi connectivity index (χ3v) is 41.1. The number of hydrogen-bond acceptors (Lipinski definition) is 33. The largest absolute Gasteiger partial charge is 0.476 e. The molecule has 12 fully saturated rings. The van der Waals surface area contributed by atoms with E-state index in [2.05, 4.69) is 186 Å². The van der Waals surface area contributed by atoms with Crippen molar-refractivity contribution in [2.75, 3.05) is 155 Å². The van der Waals surface area contributed by atoms with E-state index in [0.717, 1.165) is 188 Å². The molecule has 13 aromatic heterocycles. The van der Waals surface area contributed by atoms with E-state index in [0.29, 0.717) is 36.8 Å². The number of nitrogens with zero attached hydrogens (tertiary/aromatic N) is 19. The molecule has 31 rings (SSSR count). The molecule has 738 valence electrons. The maximum atomic E-state index is 6.00. The number of H-pyrrole nitrogens is 1. The molecule has 10 saturated carbocycles. The molecule has 28 nitrogen and oxygen atoms in total. The van der Waals surface area contributed by atoms with Crippen LogP contribution in [0, 0.1) is 35.5 Å². The number of anilines is 5. The standard InChI is InChI=1S/C20H26N6S.C19H26N4S.2C18H24N4S.C15H21N5S.C15H20N4OS/c1-26(10-14-9-21-11-22-14)15-7-5-13(6-8-15)25-19-18-16-3-2-4-17(16)27-20(18)24-12-23-19;1-23(2)15-9-11-6-7-12(15)14(8-11)22-18-17-13-4-3-5-16(13)24-19(17)21-10-20-18;1-22(2)12-7-10-6-11(8-12)16(10)21-17-15-13-4-3-5-14(13)23-18(15)20-9-19-17;1-22(2)16-10-6-11(16)8-12(7-10)21-17-15-13-4-3-5-14(13)23-18(15)20-9-19-17;1-2-11-12(3-1)21-15-13(11)14(18-10-19-15)17-6-9-20-7-4-16-5-8-20;1-2-11-12(3-1)21-15-13(11)14(17-10-18-15)20-9-8-19-6-4-16-5-7-19/h9,11-13,15H,2-8,10H2,1H3,(H,21,22)(H,23,24,25);10-12,14-15H,3-9H2,1-2H3,(H,20,21,22);2*9-12,16H,3-8H2,1-2H3,(H,19,20,21);10,16H,1-9H2,(H,17,18,19);10,16H,1-9H2/t;;10-,11+,12?,16?;;;. The second-order valence-corrected chi connectivity index (χ2v) is 49.5. The highest BCUT2D eigenvalue weighted by Gasteiger charge is 2.50. The molecule has 2 aliphatic heterocycles. The van der Waals surface area contributed by atoms with Gasteiger partial charge in [0.2, 0.25) is 5.88 Å². The van der Waals surface area contributed by atoms with Crippen molar-refractivity contribution in [3.05, 3.63) is 119 Å². The highest BCUT2D eigenvalue weighted by Crippen LogP contribution is 2.53. The lowest BCUT2D eigenvalue weighted by molar-refractivity contribution is -0.0190. The summed E-state index contributed by atoms with van der Waals surface area (Å²) in [5.41, 5.74) is 10.2. The number of aromatic nitrogens is 14. The lowest BCUT2D eigenvalue weighted by atomic mass is 9.59. The average Bonchev–Trinajstić information content (AvgIpc) is 1.74. The minimum absolute atomic E-state index is 0.511. The molecule has 139 heavy (non-hydrogen) atoms. The van der Waals surface area contributed by atoms with Crippen LogP contribution in [0.15, 0.2) is 50.5 Å². The van der Waals surface area contributed by atoms with Crippen LogP contribution >= 0.6 is 68.0 Å². The monoisotopic (exact) mass is 1990 g/mol. The van der Waals surface area contributed by atoms with E-state index >= 15 is 0 Å². The van der Waals surface area contributed by atoms with E-state index < -0.39 is 0 Å². The predicted octanol–water partition coefficient (Wildman–Crippen LogP) is 17.1. The van der Waals surface area contributed by atoms with E-state index in [-0.39, 0.29) is 0 Å². The summed E-state index contributed by atoms with van der Waals surface area (Å²) in [6.07, 6.45) is 54.5. The second-order valence-electron chi connectivity index (χ2n) is 43.0. The first-order valence-electron chi connectivity index (χ1n) is 52.7. The number of rotatable bonds is 22. The SMILES string of the molecule is CN(C)C1C2CC(Nc3ncnc4sc5c(c34)CCC5)CC1C2.CN(C)C1CC2CCC1C(Nc1ncnc3sc4c(c13)CCC4)C2.CN(C)C1C[C@@H]2C[C@H](C1)C2Nc1ncnc2sc3c(c12)CCC3.CN(Cc1cnc[nH]1)C1CCC(Nc2ncnc3sc4c(c23)CCC4)CC1.c1nc(NCCN2CCNCC2)c2c3c(sc2n1)CCC3.c1nc(OCCN2CCNCC2)c2c3c(sc2n1)CCC3. The van der Waals surface area contributed by atoms with Gasteiger partial charge in [0, 0.05) is 168 Å². The van der Waals surface area contributed by atoms with E-state index in [1.54, 1.807) is 58.9 Å². The Bertz CT molecular complexity index is 6280. The summed E-state index contributed by atoms with van der Waals surface area (Å²) in [5.74, 6) is 11.2. The fourth-order valence-corrected chi connectivity index (χ4v) is 34.4. The highest BCUT2D eigenvalue weighted by atomic mass is 32.1. The molecule has 2 saturated heterocycles. The van der Waals surface area contributed by atoms with Crippen LogP contribution in [-0.4, -0.2) is 275 Å². The van der Waals surface area contributed by atoms with E-state index in [9.17, 15) is 0 Å².